The number of nitrogens with zero attached hydrogens (tertiary/aromatic N) is 5. The molecule has 12 heteroatoms. The van der Waals surface area contributed by atoms with E-state index in [0.29, 0.717) is 10.9 Å². The van der Waals surface area contributed by atoms with Crippen molar-refractivity contribution >= 4 is 34.7 Å². The number of phenols is 1. The first kappa shape index (κ1) is 32.3. The molecule has 248 valence electrons. The molecule has 3 aromatic carbocycles. The van der Waals surface area contributed by atoms with Crippen LogP contribution in [0.2, 0.25) is 0 Å². The Bertz CT molecular complexity index is 1860. The first-order valence-corrected chi connectivity index (χ1v) is 15.7. The van der Waals surface area contributed by atoms with Crippen LogP contribution in [-0.2, 0) is 40.9 Å². The molecular formula is C36H38N6O6. The second-order valence-corrected chi connectivity index (χ2v) is 12.0. The van der Waals surface area contributed by atoms with E-state index in [2.05, 4.69) is 11.9 Å². The van der Waals surface area contributed by atoms with Gasteiger partial charge in [0.1, 0.15) is 18.0 Å². The molecule has 4 aromatic rings. The predicted molar refractivity (Wildman–Crippen MR) is 178 cm³/mol. The lowest BCUT2D eigenvalue weighted by Gasteiger charge is -2.55. The molecule has 2 N–H and O–H groups in total. The normalized spacial score (nSPS) is 18.2. The van der Waals surface area contributed by atoms with Gasteiger partial charge in [-0.05, 0) is 28.8 Å². The third kappa shape index (κ3) is 6.21. The number of aromatic nitrogens is 1. The minimum Gasteiger partial charge on any atom is -0.508 e. The summed E-state index contributed by atoms with van der Waals surface area (Å²) in [5.74, 6) is -0.922. The number of benzene rings is 3. The Morgan fingerprint density at radius 2 is 1.77 bits per heavy atom. The summed E-state index contributed by atoms with van der Waals surface area (Å²) in [6.07, 6.45) is 2.70. The molecule has 2 aliphatic rings. The molecule has 2 saturated heterocycles. The van der Waals surface area contributed by atoms with Gasteiger partial charge in [-0.15, -0.1) is 6.58 Å². The number of carbonyl (C=O) groups excluding carboxylic acids is 4. The molecule has 0 bridgehead atoms. The Labute approximate surface area is 278 Å². The Morgan fingerprint density at radius 3 is 2.48 bits per heavy atom. The Kier molecular flexibility index (Phi) is 9.17. The molecule has 2 atom stereocenters. The molecule has 48 heavy (non-hydrogen) atoms. The fourth-order valence-electron chi connectivity index (χ4n) is 6.71. The van der Waals surface area contributed by atoms with Crippen LogP contribution in [0.25, 0.3) is 10.9 Å². The third-order valence-corrected chi connectivity index (χ3v) is 8.88. The zero-order valence-electron chi connectivity index (χ0n) is 26.9. The number of ether oxygens (including phenoxy) is 1. The summed E-state index contributed by atoms with van der Waals surface area (Å²) in [7, 11) is 3.16. The number of carbonyl (C=O) groups is 4. The molecule has 2 aliphatic heterocycles. The van der Waals surface area contributed by atoms with Crippen LogP contribution in [0.3, 0.4) is 0 Å². The summed E-state index contributed by atoms with van der Waals surface area (Å²) in [4.78, 5) is 58.1. The van der Waals surface area contributed by atoms with Crippen molar-refractivity contribution in [3.05, 3.63) is 114 Å². The minimum absolute atomic E-state index is 0.0493. The van der Waals surface area contributed by atoms with E-state index in [-0.39, 0.29) is 56.7 Å². The molecule has 4 amide bonds. The lowest BCUT2D eigenvalue weighted by Crippen LogP contribution is -2.76. The molecule has 3 heterocycles. The number of fused-ring (bicyclic) bond motifs is 2. The SMILES string of the molecule is C=CCN1CC(=O)N2[C@@H](Cc3ccc(O)cc3)C(=O)N(Cc3cccc4c(C(=O)OC)cn(C)c34)C[C@@H]2N1C(=O)NCc1ccccc1. The number of piperazine rings is 1. The molecule has 12 nitrogen and oxygen atoms in total. The highest BCUT2D eigenvalue weighted by Crippen LogP contribution is 2.32. The number of methoxy groups -OCH3 is 1. The minimum atomic E-state index is -0.922. The number of rotatable bonds is 9. The van der Waals surface area contributed by atoms with Gasteiger partial charge in [0.15, 0.2) is 0 Å². The average Bonchev–Trinajstić information content (AvgIpc) is 3.43. The van der Waals surface area contributed by atoms with Crippen LogP contribution in [0.15, 0.2) is 91.6 Å². The fourth-order valence-corrected chi connectivity index (χ4v) is 6.71. The number of phenolic OH excluding ortho intramolecular Hbond substituents is 1. The highest BCUT2D eigenvalue weighted by atomic mass is 16.5. The van der Waals surface area contributed by atoms with E-state index >= 15 is 0 Å². The molecule has 2 fully saturated rings. The predicted octanol–water partition coefficient (Wildman–Crippen LogP) is 3.41. The number of hydrogen-bond acceptors (Lipinski definition) is 7. The van der Waals surface area contributed by atoms with Crippen LogP contribution >= 0.6 is 0 Å². The van der Waals surface area contributed by atoms with Crippen LogP contribution in [0.1, 0.15) is 27.0 Å². The van der Waals surface area contributed by atoms with Gasteiger partial charge in [0, 0.05) is 44.7 Å². The zero-order valence-corrected chi connectivity index (χ0v) is 26.9. The summed E-state index contributed by atoms with van der Waals surface area (Å²) in [5, 5.41) is 16.8. The number of aryl methyl sites for hydroxylation is 1. The molecule has 0 radical (unpaired) electrons. The van der Waals surface area contributed by atoms with E-state index in [1.165, 1.54) is 17.0 Å². The molecular weight excluding hydrogens is 612 g/mol. The van der Waals surface area contributed by atoms with Gasteiger partial charge in [-0.3, -0.25) is 9.59 Å². The Hall–Kier alpha value is -5.62. The van der Waals surface area contributed by atoms with E-state index in [1.807, 2.05) is 60.1 Å². The molecule has 1 aromatic heterocycles. The summed E-state index contributed by atoms with van der Waals surface area (Å²) in [6, 6.07) is 20.3. The summed E-state index contributed by atoms with van der Waals surface area (Å²) >= 11 is 0. The van der Waals surface area contributed by atoms with Crippen molar-refractivity contribution in [3.8, 4) is 5.75 Å². The van der Waals surface area contributed by atoms with Crippen LogP contribution in [0.5, 0.6) is 5.75 Å². The molecule has 0 spiro atoms. The molecule has 0 saturated carbocycles. The van der Waals surface area contributed by atoms with Crippen molar-refractivity contribution in [2.45, 2.75) is 31.7 Å². The van der Waals surface area contributed by atoms with E-state index in [4.69, 9.17) is 4.74 Å². The van der Waals surface area contributed by atoms with Crippen molar-refractivity contribution in [3.63, 3.8) is 0 Å². The van der Waals surface area contributed by atoms with Gasteiger partial charge in [-0.25, -0.2) is 19.6 Å². The number of hydrogen-bond donors (Lipinski definition) is 2. The van der Waals surface area contributed by atoms with E-state index < -0.39 is 24.2 Å². The average molecular weight is 651 g/mol. The highest BCUT2D eigenvalue weighted by Gasteiger charge is 2.51. The standard InChI is InChI=1S/C36H38N6O6/c1-4-17-40-23-32(44)41-30(18-24-13-15-27(43)16-14-24)34(45)39(22-31(41)42(40)36(47)37-19-25-9-6-5-7-10-25)20-26-11-8-12-28-29(35(46)48-3)21-38(2)33(26)28/h4-16,21,30-31,43H,1,17-20,22-23H2,2-3H3,(H,37,47)/t30-,31-/m0/s1. The van der Waals surface area contributed by atoms with E-state index in [1.54, 1.807) is 46.4 Å². The summed E-state index contributed by atoms with van der Waals surface area (Å²) in [6.45, 7) is 4.46. The number of aromatic hydroxyl groups is 1. The Morgan fingerprint density at radius 1 is 1.02 bits per heavy atom. The van der Waals surface area contributed by atoms with Crippen molar-refractivity contribution in [2.24, 2.45) is 7.05 Å². The van der Waals surface area contributed by atoms with Crippen molar-refractivity contribution in [1.82, 2.24) is 29.7 Å². The quantitative estimate of drug-likeness (QED) is 0.210. The van der Waals surface area contributed by atoms with Crippen LogP contribution in [0.4, 0.5) is 4.79 Å². The second kappa shape index (κ2) is 13.6. The Balaban J connectivity index is 1.39. The maximum Gasteiger partial charge on any atom is 0.340 e. The maximum atomic E-state index is 14.4. The number of nitrogens with one attached hydrogen (secondary N) is 1. The maximum absolute atomic E-state index is 14.4. The number of esters is 1. The van der Waals surface area contributed by atoms with Crippen LogP contribution < -0.4 is 5.32 Å². The zero-order chi connectivity index (χ0) is 33.9. The lowest BCUT2D eigenvalue weighted by atomic mass is 9.98. The van der Waals surface area contributed by atoms with Gasteiger partial charge in [0.2, 0.25) is 11.8 Å². The fraction of sp³-hybridized carbons (Fsp3) is 0.278. The number of para-hydroxylation sites is 1. The van der Waals surface area contributed by atoms with E-state index in [0.717, 1.165) is 22.2 Å². The van der Waals surface area contributed by atoms with Crippen molar-refractivity contribution in [2.75, 3.05) is 26.7 Å². The highest BCUT2D eigenvalue weighted by molar-refractivity contribution is 6.05. The van der Waals surface area contributed by atoms with Gasteiger partial charge in [0.25, 0.3) is 0 Å². The summed E-state index contributed by atoms with van der Waals surface area (Å²) < 4.78 is 6.84. The van der Waals surface area contributed by atoms with Crippen molar-refractivity contribution in [1.29, 1.82) is 0 Å². The molecule has 0 aliphatic carbocycles. The first-order valence-electron chi connectivity index (χ1n) is 15.7. The van der Waals surface area contributed by atoms with E-state index in [9.17, 15) is 24.3 Å². The molecule has 6 rings (SSSR count). The first-order chi connectivity index (χ1) is 23.2. The van der Waals surface area contributed by atoms with Gasteiger partial charge < -0.3 is 29.5 Å². The van der Waals surface area contributed by atoms with Gasteiger partial charge in [0.05, 0.1) is 31.3 Å². The van der Waals surface area contributed by atoms with Gasteiger partial charge in [-0.2, -0.15) is 0 Å². The number of hydrazine groups is 1. The number of urea groups is 1. The van der Waals surface area contributed by atoms with Crippen LogP contribution in [-0.4, -0.2) is 92.3 Å². The van der Waals surface area contributed by atoms with Crippen molar-refractivity contribution < 1.29 is 29.0 Å². The third-order valence-electron chi connectivity index (χ3n) is 8.88. The van der Waals surface area contributed by atoms with Gasteiger partial charge >= 0.3 is 12.0 Å². The monoisotopic (exact) mass is 650 g/mol. The summed E-state index contributed by atoms with van der Waals surface area (Å²) in [5.41, 5.74) is 3.64. The second-order valence-electron chi connectivity index (χ2n) is 12.0. The van der Waals surface area contributed by atoms with Crippen LogP contribution in [0, 0.1) is 0 Å². The number of amides is 4. The van der Waals surface area contributed by atoms with Gasteiger partial charge in [-0.1, -0.05) is 66.7 Å². The smallest absolute Gasteiger partial charge is 0.340 e. The largest absolute Gasteiger partial charge is 0.508 e. The topological polar surface area (TPSA) is 128 Å². The molecule has 0 unspecified atom stereocenters. The lowest BCUT2D eigenvalue weighted by molar-refractivity contribution is -0.189.